The van der Waals surface area contributed by atoms with Crippen molar-refractivity contribution in [3.05, 3.63) is 70.2 Å². The molecule has 1 atom stereocenters. The molecule has 2 fully saturated rings. The Morgan fingerprint density at radius 2 is 1.66 bits per heavy atom. The summed E-state index contributed by atoms with van der Waals surface area (Å²) in [6.45, 7) is 2.52. The van der Waals surface area contributed by atoms with Gasteiger partial charge in [0.05, 0.1) is 0 Å². The fourth-order valence-electron chi connectivity index (χ4n) is 4.51. The van der Waals surface area contributed by atoms with Crippen LogP contribution in [0, 0.1) is 6.92 Å². The summed E-state index contributed by atoms with van der Waals surface area (Å²) in [5.41, 5.74) is 2.85. The largest absolute Gasteiger partial charge is 0.328 e. The van der Waals surface area contributed by atoms with Crippen molar-refractivity contribution in [3.8, 4) is 0 Å². The molecule has 1 aliphatic heterocycles. The first-order valence-corrected chi connectivity index (χ1v) is 10.8. The van der Waals surface area contributed by atoms with Crippen LogP contribution in [0.1, 0.15) is 54.8 Å². The number of halogens is 1. The van der Waals surface area contributed by atoms with Crippen LogP contribution in [0.3, 0.4) is 0 Å². The van der Waals surface area contributed by atoms with Gasteiger partial charge in [0.25, 0.3) is 5.91 Å². The molecule has 2 aliphatic rings. The highest BCUT2D eigenvalue weighted by Gasteiger charge is 2.43. The Morgan fingerprint density at radius 3 is 2.34 bits per heavy atom. The van der Waals surface area contributed by atoms with Crippen LogP contribution in [-0.2, 0) is 16.1 Å². The third-order valence-corrected chi connectivity index (χ3v) is 6.53. The fourth-order valence-corrected chi connectivity index (χ4v) is 4.71. The highest BCUT2D eigenvalue weighted by Crippen LogP contribution is 2.34. The van der Waals surface area contributed by atoms with Crippen molar-refractivity contribution in [2.75, 3.05) is 6.54 Å². The van der Waals surface area contributed by atoms with Gasteiger partial charge in [0.1, 0.15) is 12.6 Å². The van der Waals surface area contributed by atoms with Crippen molar-refractivity contribution in [2.45, 2.75) is 57.7 Å². The number of piperazine rings is 1. The summed E-state index contributed by atoms with van der Waals surface area (Å²) < 4.78 is 0. The van der Waals surface area contributed by atoms with Crippen LogP contribution >= 0.6 is 11.6 Å². The van der Waals surface area contributed by atoms with E-state index in [2.05, 4.69) is 0 Å². The maximum atomic E-state index is 13.6. The lowest BCUT2D eigenvalue weighted by Crippen LogP contribution is -2.58. The molecule has 29 heavy (non-hydrogen) atoms. The first kappa shape index (κ1) is 20.0. The molecule has 2 amide bonds. The molecule has 5 heteroatoms. The second kappa shape index (κ2) is 8.58. The van der Waals surface area contributed by atoms with E-state index in [1.165, 1.54) is 6.42 Å². The highest BCUT2D eigenvalue weighted by atomic mass is 35.5. The van der Waals surface area contributed by atoms with E-state index in [0.29, 0.717) is 11.6 Å². The number of carbonyl (C=O) groups is 2. The summed E-state index contributed by atoms with van der Waals surface area (Å²) >= 11 is 6.36. The van der Waals surface area contributed by atoms with Crippen LogP contribution < -0.4 is 0 Å². The minimum Gasteiger partial charge on any atom is -0.328 e. The summed E-state index contributed by atoms with van der Waals surface area (Å²) in [7, 11) is 0. The molecule has 2 aromatic carbocycles. The molecule has 1 saturated heterocycles. The number of hydrogen-bond acceptors (Lipinski definition) is 2. The van der Waals surface area contributed by atoms with Crippen LogP contribution in [0.2, 0.25) is 5.02 Å². The van der Waals surface area contributed by atoms with Gasteiger partial charge in [-0.2, -0.15) is 0 Å². The van der Waals surface area contributed by atoms with Gasteiger partial charge in [-0.25, -0.2) is 0 Å². The van der Waals surface area contributed by atoms with Gasteiger partial charge in [0.2, 0.25) is 5.91 Å². The monoisotopic (exact) mass is 410 g/mol. The molecule has 1 unspecified atom stereocenters. The van der Waals surface area contributed by atoms with Crippen molar-refractivity contribution in [2.24, 2.45) is 0 Å². The number of benzene rings is 2. The normalized spacial score (nSPS) is 21.0. The molecule has 0 bridgehead atoms. The van der Waals surface area contributed by atoms with Crippen molar-refractivity contribution >= 4 is 23.4 Å². The Balaban J connectivity index is 1.69. The van der Waals surface area contributed by atoms with Gasteiger partial charge in [0.15, 0.2) is 0 Å². The molecule has 2 aromatic rings. The Kier molecular flexibility index (Phi) is 5.91. The van der Waals surface area contributed by atoms with Crippen molar-refractivity contribution < 1.29 is 9.59 Å². The molecule has 0 aromatic heterocycles. The first-order valence-electron chi connectivity index (χ1n) is 10.4. The van der Waals surface area contributed by atoms with Gasteiger partial charge >= 0.3 is 0 Å². The number of aryl methyl sites for hydroxylation is 1. The number of amides is 2. The number of rotatable bonds is 4. The quantitative estimate of drug-likeness (QED) is 0.719. The standard InChI is InChI=1S/C24H27ClN2O2/c1-17-11-13-18(14-12-17)23-24(29)26(20-8-3-2-4-9-20)16-22(28)27(23)15-19-7-5-6-10-21(19)25/h5-7,10-14,20,23H,2-4,8-9,15-16H2,1H3. The van der Waals surface area contributed by atoms with Crippen LogP contribution in [0.25, 0.3) is 0 Å². The fraction of sp³-hybridized carbons (Fsp3) is 0.417. The van der Waals surface area contributed by atoms with E-state index < -0.39 is 6.04 Å². The lowest BCUT2D eigenvalue weighted by molar-refractivity contribution is -0.160. The first-order chi connectivity index (χ1) is 14.0. The van der Waals surface area contributed by atoms with Crippen LogP contribution in [0.4, 0.5) is 0 Å². The Morgan fingerprint density at radius 1 is 0.966 bits per heavy atom. The maximum Gasteiger partial charge on any atom is 0.250 e. The summed E-state index contributed by atoms with van der Waals surface area (Å²) in [6.07, 6.45) is 5.45. The van der Waals surface area contributed by atoms with Gasteiger partial charge < -0.3 is 9.80 Å². The van der Waals surface area contributed by atoms with Crippen LogP contribution in [0.15, 0.2) is 48.5 Å². The summed E-state index contributed by atoms with van der Waals surface area (Å²) in [5, 5.41) is 0.616. The molecule has 1 heterocycles. The molecular formula is C24H27ClN2O2. The molecule has 4 nitrogen and oxygen atoms in total. The van der Waals surface area contributed by atoms with Crippen LogP contribution in [0.5, 0.6) is 0 Å². The Labute approximate surface area is 177 Å². The predicted molar refractivity (Wildman–Crippen MR) is 115 cm³/mol. The van der Waals surface area contributed by atoms with E-state index in [4.69, 9.17) is 11.6 Å². The lowest BCUT2D eigenvalue weighted by Gasteiger charge is -2.44. The van der Waals surface area contributed by atoms with Gasteiger partial charge in [-0.15, -0.1) is 0 Å². The molecule has 152 valence electrons. The summed E-state index contributed by atoms with van der Waals surface area (Å²) in [5.74, 6) is 0.0214. The third kappa shape index (κ3) is 4.18. The summed E-state index contributed by atoms with van der Waals surface area (Å²) in [4.78, 5) is 30.4. The Hall–Kier alpha value is -2.33. The zero-order valence-corrected chi connectivity index (χ0v) is 17.6. The topological polar surface area (TPSA) is 40.6 Å². The van der Waals surface area contributed by atoms with Crippen LogP contribution in [-0.4, -0.2) is 34.2 Å². The molecule has 0 N–H and O–H groups in total. The number of hydrogen-bond donors (Lipinski definition) is 0. The van der Waals surface area contributed by atoms with Crippen molar-refractivity contribution in [3.63, 3.8) is 0 Å². The summed E-state index contributed by atoms with van der Waals surface area (Å²) in [6, 6.07) is 15.0. The van der Waals surface area contributed by atoms with Crippen molar-refractivity contribution in [1.29, 1.82) is 0 Å². The molecule has 1 aliphatic carbocycles. The second-order valence-corrected chi connectivity index (χ2v) is 8.59. The van der Waals surface area contributed by atoms with E-state index in [1.807, 2.05) is 60.4 Å². The molecule has 1 saturated carbocycles. The maximum absolute atomic E-state index is 13.6. The average molecular weight is 411 g/mol. The van der Waals surface area contributed by atoms with Gasteiger partial charge in [-0.1, -0.05) is 78.9 Å². The SMILES string of the molecule is Cc1ccc(C2C(=O)N(C3CCCCC3)CC(=O)N2Cc2ccccc2Cl)cc1. The molecule has 4 rings (SSSR count). The predicted octanol–water partition coefficient (Wildman–Crippen LogP) is 4.89. The highest BCUT2D eigenvalue weighted by molar-refractivity contribution is 6.31. The van der Waals surface area contributed by atoms with E-state index in [-0.39, 0.29) is 24.4 Å². The number of nitrogens with zero attached hydrogens (tertiary/aromatic N) is 2. The van der Waals surface area contributed by atoms with Gasteiger partial charge in [0, 0.05) is 17.6 Å². The molecule has 0 spiro atoms. The van der Waals surface area contributed by atoms with E-state index in [9.17, 15) is 9.59 Å². The van der Waals surface area contributed by atoms with Gasteiger partial charge in [-0.3, -0.25) is 9.59 Å². The Bertz CT molecular complexity index is 890. The molecule has 0 radical (unpaired) electrons. The number of carbonyl (C=O) groups excluding carboxylic acids is 2. The minimum absolute atomic E-state index is 0.0133. The third-order valence-electron chi connectivity index (χ3n) is 6.16. The van der Waals surface area contributed by atoms with Crippen molar-refractivity contribution in [1.82, 2.24) is 9.80 Å². The smallest absolute Gasteiger partial charge is 0.250 e. The second-order valence-electron chi connectivity index (χ2n) is 8.18. The average Bonchev–Trinajstić information content (AvgIpc) is 2.74. The lowest BCUT2D eigenvalue weighted by atomic mass is 9.91. The van der Waals surface area contributed by atoms with E-state index in [0.717, 1.165) is 42.4 Å². The van der Waals surface area contributed by atoms with E-state index in [1.54, 1.807) is 4.90 Å². The van der Waals surface area contributed by atoms with E-state index >= 15 is 0 Å². The zero-order valence-electron chi connectivity index (χ0n) is 16.8. The van der Waals surface area contributed by atoms with Gasteiger partial charge in [-0.05, 0) is 37.0 Å². The zero-order chi connectivity index (χ0) is 20.4. The minimum atomic E-state index is -0.602. The molecular weight excluding hydrogens is 384 g/mol.